The lowest BCUT2D eigenvalue weighted by molar-refractivity contribution is -0.678. The van der Waals surface area contributed by atoms with E-state index in [-0.39, 0.29) is 0 Å². The summed E-state index contributed by atoms with van der Waals surface area (Å²) in [4.78, 5) is 0. The molecule has 0 N–H and O–H groups in total. The minimum absolute atomic E-state index is 1.21. The van der Waals surface area contributed by atoms with E-state index >= 15 is 0 Å². The first-order valence-electron chi connectivity index (χ1n) is 12.8. The van der Waals surface area contributed by atoms with Gasteiger partial charge in [0.05, 0.1) is 13.6 Å². The summed E-state index contributed by atoms with van der Waals surface area (Å²) in [6.45, 7) is 5.79. The molecule has 0 amide bonds. The first-order chi connectivity index (χ1) is 13.8. The molecule has 1 aromatic heterocycles. The number of hydrogen-bond acceptors (Lipinski definition) is 0. The Morgan fingerprint density at radius 2 is 1.04 bits per heavy atom. The molecule has 28 heavy (non-hydrogen) atoms. The quantitative estimate of drug-likeness (QED) is 0.158. The van der Waals surface area contributed by atoms with Crippen LogP contribution in [0.4, 0.5) is 0 Å². The molecule has 0 fully saturated rings. The van der Waals surface area contributed by atoms with Crippen LogP contribution < -0.4 is 4.57 Å². The molecule has 164 valence electrons. The Labute approximate surface area is 177 Å². The highest BCUT2D eigenvalue weighted by molar-refractivity contribution is 4.83. The van der Waals surface area contributed by atoms with E-state index in [1.165, 1.54) is 134 Å². The smallest absolute Gasteiger partial charge is 0.237 e. The summed E-state index contributed by atoms with van der Waals surface area (Å²) in [5.41, 5.74) is 0. The standard InChI is InChI=1S/C26H51N2/c1-4-6-8-9-10-11-12-13-14-15-16-17-18-19-20-21-23-28-25-24-27(3)26(28)22-7-5-2/h24-25H,4-23H2,1-3H3/q+1. The maximum Gasteiger partial charge on any atom is 0.256 e. The van der Waals surface area contributed by atoms with E-state index in [4.69, 9.17) is 0 Å². The summed E-state index contributed by atoms with van der Waals surface area (Å²) in [7, 11) is 2.19. The van der Waals surface area contributed by atoms with Crippen molar-refractivity contribution in [3.05, 3.63) is 18.2 Å². The molecule has 0 aliphatic carbocycles. The van der Waals surface area contributed by atoms with Crippen LogP contribution in [-0.4, -0.2) is 4.57 Å². The number of hydrogen-bond donors (Lipinski definition) is 0. The molecule has 0 atom stereocenters. The fourth-order valence-electron chi connectivity index (χ4n) is 4.24. The molecule has 0 radical (unpaired) electrons. The SMILES string of the molecule is CCCCCCCCCCCCCCCCCCn1cc[n+](C)c1CCCC. The fraction of sp³-hybridized carbons (Fsp3) is 0.885. The van der Waals surface area contributed by atoms with E-state index in [1.807, 2.05) is 0 Å². The van der Waals surface area contributed by atoms with Crippen LogP contribution in [0.1, 0.15) is 135 Å². The second kappa shape index (κ2) is 18.3. The molecule has 1 rings (SSSR count). The number of aromatic nitrogens is 2. The predicted octanol–water partition coefficient (Wildman–Crippen LogP) is 7.92. The van der Waals surface area contributed by atoms with E-state index in [1.54, 1.807) is 0 Å². The Kier molecular flexibility index (Phi) is 16.5. The van der Waals surface area contributed by atoms with E-state index in [9.17, 15) is 0 Å². The van der Waals surface area contributed by atoms with Gasteiger partial charge in [0.15, 0.2) is 0 Å². The number of unbranched alkanes of at least 4 members (excludes halogenated alkanes) is 16. The third kappa shape index (κ3) is 12.6. The summed E-state index contributed by atoms with van der Waals surface area (Å²) >= 11 is 0. The van der Waals surface area contributed by atoms with Crippen molar-refractivity contribution in [1.29, 1.82) is 0 Å². The second-order valence-electron chi connectivity index (χ2n) is 8.93. The Morgan fingerprint density at radius 1 is 0.607 bits per heavy atom. The molecular formula is C26H51N2+. The molecule has 0 spiro atoms. The van der Waals surface area contributed by atoms with Crippen LogP contribution in [-0.2, 0) is 20.0 Å². The third-order valence-electron chi connectivity index (χ3n) is 6.22. The minimum Gasteiger partial charge on any atom is -0.237 e. The van der Waals surface area contributed by atoms with Crippen molar-refractivity contribution >= 4 is 0 Å². The first kappa shape index (κ1) is 25.2. The van der Waals surface area contributed by atoms with Crippen LogP contribution in [0.3, 0.4) is 0 Å². The molecule has 1 aromatic rings. The van der Waals surface area contributed by atoms with Crippen molar-refractivity contribution in [2.24, 2.45) is 7.05 Å². The van der Waals surface area contributed by atoms with Gasteiger partial charge >= 0.3 is 0 Å². The van der Waals surface area contributed by atoms with Gasteiger partial charge in [-0.1, -0.05) is 110 Å². The fourth-order valence-corrected chi connectivity index (χ4v) is 4.24. The zero-order chi connectivity index (χ0) is 20.3. The van der Waals surface area contributed by atoms with Gasteiger partial charge in [-0.15, -0.1) is 0 Å². The zero-order valence-corrected chi connectivity index (χ0v) is 19.7. The summed E-state index contributed by atoms with van der Waals surface area (Å²) in [6.07, 6.45) is 31.4. The summed E-state index contributed by atoms with van der Waals surface area (Å²) < 4.78 is 4.79. The van der Waals surface area contributed by atoms with Crippen LogP contribution in [0.2, 0.25) is 0 Å². The summed E-state index contributed by atoms with van der Waals surface area (Å²) in [5, 5.41) is 0. The van der Waals surface area contributed by atoms with Gasteiger partial charge in [0.1, 0.15) is 12.4 Å². The van der Waals surface area contributed by atoms with E-state index < -0.39 is 0 Å². The van der Waals surface area contributed by atoms with E-state index in [2.05, 4.69) is 42.4 Å². The van der Waals surface area contributed by atoms with Gasteiger partial charge in [0, 0.05) is 6.42 Å². The van der Waals surface area contributed by atoms with E-state index in [0.717, 1.165) is 0 Å². The Morgan fingerprint density at radius 3 is 1.50 bits per heavy atom. The first-order valence-corrected chi connectivity index (χ1v) is 12.8. The molecule has 0 aromatic carbocycles. The van der Waals surface area contributed by atoms with Gasteiger partial charge in [-0.05, 0) is 19.3 Å². The Bertz CT molecular complexity index is 449. The predicted molar refractivity (Wildman–Crippen MR) is 124 cm³/mol. The molecule has 0 aliphatic rings. The van der Waals surface area contributed by atoms with Crippen LogP contribution in [0, 0.1) is 0 Å². The lowest BCUT2D eigenvalue weighted by Gasteiger charge is -2.04. The van der Waals surface area contributed by atoms with Crippen LogP contribution >= 0.6 is 0 Å². The largest absolute Gasteiger partial charge is 0.256 e. The molecule has 0 saturated carbocycles. The number of aryl methyl sites for hydroxylation is 2. The van der Waals surface area contributed by atoms with Gasteiger partial charge in [-0.2, -0.15) is 0 Å². The molecule has 1 heterocycles. The number of nitrogens with zero attached hydrogens (tertiary/aromatic N) is 2. The van der Waals surface area contributed by atoms with Gasteiger partial charge in [-0.25, -0.2) is 9.13 Å². The van der Waals surface area contributed by atoms with Crippen molar-refractivity contribution in [2.45, 2.75) is 142 Å². The summed E-state index contributed by atoms with van der Waals surface area (Å²) in [5.74, 6) is 1.50. The van der Waals surface area contributed by atoms with Crippen molar-refractivity contribution in [2.75, 3.05) is 0 Å². The lowest BCUT2D eigenvalue weighted by Crippen LogP contribution is -2.32. The highest BCUT2D eigenvalue weighted by Crippen LogP contribution is 2.14. The van der Waals surface area contributed by atoms with Crippen molar-refractivity contribution < 1.29 is 4.57 Å². The molecule has 2 heteroatoms. The summed E-state index contributed by atoms with van der Waals surface area (Å²) in [6, 6.07) is 0. The van der Waals surface area contributed by atoms with E-state index in [0.29, 0.717) is 0 Å². The number of imidazole rings is 1. The maximum absolute atomic E-state index is 2.49. The maximum atomic E-state index is 2.49. The lowest BCUT2D eigenvalue weighted by atomic mass is 10.0. The van der Waals surface area contributed by atoms with Crippen LogP contribution in [0.25, 0.3) is 0 Å². The number of rotatable bonds is 20. The van der Waals surface area contributed by atoms with Crippen molar-refractivity contribution in [3.63, 3.8) is 0 Å². The van der Waals surface area contributed by atoms with Crippen LogP contribution in [0.15, 0.2) is 12.4 Å². The van der Waals surface area contributed by atoms with Gasteiger partial charge in [0.2, 0.25) is 0 Å². The molecule has 0 saturated heterocycles. The van der Waals surface area contributed by atoms with Crippen molar-refractivity contribution in [1.82, 2.24) is 4.57 Å². The average Bonchev–Trinajstić information content (AvgIpc) is 3.05. The van der Waals surface area contributed by atoms with Gasteiger partial charge in [0.25, 0.3) is 5.82 Å². The molecule has 0 aliphatic heterocycles. The monoisotopic (exact) mass is 391 g/mol. The second-order valence-corrected chi connectivity index (χ2v) is 8.93. The molecular weight excluding hydrogens is 340 g/mol. The van der Waals surface area contributed by atoms with Crippen molar-refractivity contribution in [3.8, 4) is 0 Å². The normalized spacial score (nSPS) is 11.4. The molecule has 0 bridgehead atoms. The molecule has 0 unspecified atom stereocenters. The van der Waals surface area contributed by atoms with Gasteiger partial charge < -0.3 is 0 Å². The minimum atomic E-state index is 1.21. The molecule has 2 nitrogen and oxygen atoms in total. The highest BCUT2D eigenvalue weighted by Gasteiger charge is 2.12. The highest BCUT2D eigenvalue weighted by atomic mass is 15.1. The average molecular weight is 392 g/mol. The van der Waals surface area contributed by atoms with Crippen LogP contribution in [0.5, 0.6) is 0 Å². The topological polar surface area (TPSA) is 8.81 Å². The third-order valence-corrected chi connectivity index (χ3v) is 6.22. The van der Waals surface area contributed by atoms with Gasteiger partial charge in [-0.3, -0.25) is 0 Å². The zero-order valence-electron chi connectivity index (χ0n) is 19.7. The Balaban J connectivity index is 1.86. The Hall–Kier alpha value is -0.790.